The number of halogens is 3. The lowest BCUT2D eigenvalue weighted by atomic mass is 10.0. The van der Waals surface area contributed by atoms with Gasteiger partial charge in [-0.05, 0) is 53.4 Å². The number of ether oxygens (including phenoxy) is 1. The summed E-state index contributed by atoms with van der Waals surface area (Å²) in [4.78, 5) is 0. The molecule has 4 heteroatoms. The average molecular weight is 406 g/mol. The van der Waals surface area contributed by atoms with Crippen LogP contribution < -0.4 is 4.74 Å². The molecule has 0 spiro atoms. The fourth-order valence-electron chi connectivity index (χ4n) is 2.41. The molecule has 0 radical (unpaired) electrons. The van der Waals surface area contributed by atoms with E-state index in [1.54, 1.807) is 6.07 Å². The Morgan fingerprint density at radius 3 is 2.46 bits per heavy atom. The zero-order valence-corrected chi connectivity index (χ0v) is 15.1. The summed E-state index contributed by atoms with van der Waals surface area (Å²) in [6, 6.07) is 20.4. The maximum absolute atomic E-state index is 14.3. The third-order valence-electron chi connectivity index (χ3n) is 3.64. The van der Waals surface area contributed by atoms with Crippen molar-refractivity contribution in [1.29, 1.82) is 0 Å². The third kappa shape index (κ3) is 4.37. The SMILES string of the molecule is Fc1cc(Cc2cc(Br)ccc2Cl)ccc1OCc1ccccc1. The van der Waals surface area contributed by atoms with Gasteiger partial charge in [0.05, 0.1) is 0 Å². The van der Waals surface area contributed by atoms with Crippen molar-refractivity contribution in [3.8, 4) is 5.75 Å². The smallest absolute Gasteiger partial charge is 0.165 e. The van der Waals surface area contributed by atoms with E-state index in [4.69, 9.17) is 16.3 Å². The quantitative estimate of drug-likeness (QED) is 0.476. The highest BCUT2D eigenvalue weighted by molar-refractivity contribution is 9.10. The van der Waals surface area contributed by atoms with Crippen molar-refractivity contribution in [2.45, 2.75) is 13.0 Å². The van der Waals surface area contributed by atoms with E-state index in [1.807, 2.05) is 54.6 Å². The Labute approximate surface area is 154 Å². The van der Waals surface area contributed by atoms with Crippen molar-refractivity contribution in [2.75, 3.05) is 0 Å². The normalized spacial score (nSPS) is 10.6. The van der Waals surface area contributed by atoms with Crippen LogP contribution in [-0.4, -0.2) is 0 Å². The van der Waals surface area contributed by atoms with Crippen molar-refractivity contribution in [3.63, 3.8) is 0 Å². The standard InChI is InChI=1S/C20H15BrClFO/c21-17-7-8-18(22)16(12-17)10-15-6-9-20(19(23)11-15)24-13-14-4-2-1-3-5-14/h1-9,11-12H,10,13H2. The van der Waals surface area contributed by atoms with Crippen molar-refractivity contribution in [1.82, 2.24) is 0 Å². The van der Waals surface area contributed by atoms with Gasteiger partial charge in [0.2, 0.25) is 0 Å². The van der Waals surface area contributed by atoms with E-state index in [0.717, 1.165) is 21.2 Å². The van der Waals surface area contributed by atoms with Gasteiger partial charge >= 0.3 is 0 Å². The van der Waals surface area contributed by atoms with Gasteiger partial charge in [0, 0.05) is 9.50 Å². The Kier molecular flexibility index (Phi) is 5.54. The van der Waals surface area contributed by atoms with Crippen LogP contribution >= 0.6 is 27.5 Å². The molecule has 3 aromatic carbocycles. The molecule has 0 atom stereocenters. The van der Waals surface area contributed by atoms with Crippen LogP contribution in [0.5, 0.6) is 5.75 Å². The highest BCUT2D eigenvalue weighted by Crippen LogP contribution is 2.26. The lowest BCUT2D eigenvalue weighted by Crippen LogP contribution is -1.98. The highest BCUT2D eigenvalue weighted by Gasteiger charge is 2.08. The molecular formula is C20H15BrClFO. The molecule has 0 N–H and O–H groups in total. The predicted molar refractivity (Wildman–Crippen MR) is 99.1 cm³/mol. The summed E-state index contributed by atoms with van der Waals surface area (Å²) in [5.41, 5.74) is 2.80. The summed E-state index contributed by atoms with van der Waals surface area (Å²) < 4.78 is 20.8. The first-order chi connectivity index (χ1) is 11.6. The van der Waals surface area contributed by atoms with Gasteiger partial charge in [-0.15, -0.1) is 0 Å². The number of hydrogen-bond acceptors (Lipinski definition) is 1. The van der Waals surface area contributed by atoms with Crippen LogP contribution in [0.1, 0.15) is 16.7 Å². The fourth-order valence-corrected chi connectivity index (χ4v) is 3.00. The van der Waals surface area contributed by atoms with E-state index in [2.05, 4.69) is 15.9 Å². The zero-order chi connectivity index (χ0) is 16.9. The minimum atomic E-state index is -0.366. The van der Waals surface area contributed by atoms with E-state index in [1.165, 1.54) is 6.07 Å². The molecule has 122 valence electrons. The molecule has 0 unspecified atom stereocenters. The molecule has 0 saturated heterocycles. The maximum Gasteiger partial charge on any atom is 0.165 e. The Morgan fingerprint density at radius 1 is 0.917 bits per heavy atom. The molecular weight excluding hydrogens is 391 g/mol. The van der Waals surface area contributed by atoms with Gasteiger partial charge < -0.3 is 4.74 Å². The van der Waals surface area contributed by atoms with Gasteiger partial charge in [-0.3, -0.25) is 0 Å². The second-order valence-corrected chi connectivity index (χ2v) is 6.77. The molecule has 3 rings (SSSR count). The molecule has 1 nitrogen and oxygen atoms in total. The van der Waals surface area contributed by atoms with Crippen LogP contribution in [0.4, 0.5) is 4.39 Å². The summed E-state index contributed by atoms with van der Waals surface area (Å²) in [6.45, 7) is 0.342. The van der Waals surface area contributed by atoms with Crippen LogP contribution in [0, 0.1) is 5.82 Å². The highest BCUT2D eigenvalue weighted by atomic mass is 79.9. The van der Waals surface area contributed by atoms with Crippen molar-refractivity contribution >= 4 is 27.5 Å². The van der Waals surface area contributed by atoms with Crippen LogP contribution in [0.25, 0.3) is 0 Å². The summed E-state index contributed by atoms with van der Waals surface area (Å²) in [5, 5.41) is 0.669. The average Bonchev–Trinajstić information content (AvgIpc) is 2.58. The molecule has 0 bridgehead atoms. The molecule has 0 saturated carbocycles. The van der Waals surface area contributed by atoms with Crippen molar-refractivity contribution in [3.05, 3.63) is 98.7 Å². The molecule has 0 aliphatic rings. The van der Waals surface area contributed by atoms with Crippen molar-refractivity contribution < 1.29 is 9.13 Å². The first kappa shape index (κ1) is 17.0. The van der Waals surface area contributed by atoms with E-state index >= 15 is 0 Å². The fraction of sp³-hybridized carbons (Fsp3) is 0.100. The molecule has 24 heavy (non-hydrogen) atoms. The van der Waals surface area contributed by atoms with Crippen LogP contribution in [0.15, 0.2) is 71.2 Å². The van der Waals surface area contributed by atoms with Gasteiger partial charge in [0.25, 0.3) is 0 Å². The molecule has 3 aromatic rings. The summed E-state index contributed by atoms with van der Waals surface area (Å²) in [5.74, 6) is -0.113. The van der Waals surface area contributed by atoms with Crippen LogP contribution in [-0.2, 0) is 13.0 Å². The monoisotopic (exact) mass is 404 g/mol. The number of rotatable bonds is 5. The first-order valence-electron chi connectivity index (χ1n) is 7.51. The minimum Gasteiger partial charge on any atom is -0.486 e. The maximum atomic E-state index is 14.3. The number of hydrogen-bond donors (Lipinski definition) is 0. The van der Waals surface area contributed by atoms with Gasteiger partial charge in [-0.25, -0.2) is 4.39 Å². The molecule has 0 heterocycles. The van der Waals surface area contributed by atoms with Gasteiger partial charge in [0.15, 0.2) is 11.6 Å². The molecule has 0 amide bonds. The Hall–Kier alpha value is -1.84. The second kappa shape index (κ2) is 7.82. The van der Waals surface area contributed by atoms with E-state index in [0.29, 0.717) is 18.1 Å². The van der Waals surface area contributed by atoms with Gasteiger partial charge in [0.1, 0.15) is 6.61 Å². The van der Waals surface area contributed by atoms with Gasteiger partial charge in [-0.1, -0.05) is 63.9 Å². The first-order valence-corrected chi connectivity index (χ1v) is 8.68. The predicted octanol–water partition coefficient (Wildman–Crippen LogP) is 6.41. The Bertz CT molecular complexity index is 836. The topological polar surface area (TPSA) is 9.23 Å². The Balaban J connectivity index is 1.71. The molecule has 0 aliphatic heterocycles. The lowest BCUT2D eigenvalue weighted by Gasteiger charge is -2.10. The van der Waals surface area contributed by atoms with Crippen LogP contribution in [0.2, 0.25) is 5.02 Å². The molecule has 0 aromatic heterocycles. The minimum absolute atomic E-state index is 0.253. The van der Waals surface area contributed by atoms with E-state index in [-0.39, 0.29) is 11.6 Å². The number of benzene rings is 3. The van der Waals surface area contributed by atoms with Gasteiger partial charge in [-0.2, -0.15) is 0 Å². The molecule has 0 aliphatic carbocycles. The molecule has 0 fully saturated rings. The van der Waals surface area contributed by atoms with E-state index < -0.39 is 0 Å². The van der Waals surface area contributed by atoms with Crippen LogP contribution in [0.3, 0.4) is 0 Å². The van der Waals surface area contributed by atoms with E-state index in [9.17, 15) is 4.39 Å². The lowest BCUT2D eigenvalue weighted by molar-refractivity contribution is 0.290. The summed E-state index contributed by atoms with van der Waals surface area (Å²) in [6.07, 6.45) is 0.564. The Morgan fingerprint density at radius 2 is 1.71 bits per heavy atom. The summed E-state index contributed by atoms with van der Waals surface area (Å²) in [7, 11) is 0. The summed E-state index contributed by atoms with van der Waals surface area (Å²) >= 11 is 9.62. The van der Waals surface area contributed by atoms with Crippen molar-refractivity contribution in [2.24, 2.45) is 0 Å². The third-order valence-corrected chi connectivity index (χ3v) is 4.50. The zero-order valence-electron chi connectivity index (χ0n) is 12.8. The largest absolute Gasteiger partial charge is 0.486 e. The second-order valence-electron chi connectivity index (χ2n) is 5.45.